The van der Waals surface area contributed by atoms with Crippen molar-refractivity contribution in [1.29, 1.82) is 0 Å². The van der Waals surface area contributed by atoms with Gasteiger partial charge < -0.3 is 35.4 Å². The molecule has 10 nitrogen and oxygen atoms in total. The zero-order valence-electron chi connectivity index (χ0n) is 29.1. The second kappa shape index (κ2) is 15.4. The lowest BCUT2D eigenvalue weighted by Gasteiger charge is -2.29. The van der Waals surface area contributed by atoms with Crippen molar-refractivity contribution < 1.29 is 32.5 Å². The summed E-state index contributed by atoms with van der Waals surface area (Å²) in [4.78, 5) is 26.0. The van der Waals surface area contributed by atoms with E-state index in [4.69, 9.17) is 26.8 Å². The van der Waals surface area contributed by atoms with Crippen molar-refractivity contribution >= 4 is 45.5 Å². The van der Waals surface area contributed by atoms with Crippen LogP contribution in [0.25, 0.3) is 16.5 Å². The molecule has 1 aromatic heterocycles. The molecule has 0 spiro atoms. The molecule has 4 N–H and O–H groups in total. The summed E-state index contributed by atoms with van der Waals surface area (Å²) in [6.45, 7) is 5.97. The van der Waals surface area contributed by atoms with Crippen molar-refractivity contribution in [2.75, 3.05) is 52.7 Å². The molecular weight excluding hydrogens is 685 g/mol. The van der Waals surface area contributed by atoms with Crippen molar-refractivity contribution in [3.63, 3.8) is 0 Å². The number of halogens is 4. The molecule has 0 radical (unpaired) electrons. The Bertz CT molecular complexity index is 1920. The number of hydrogen-bond donors (Lipinski definition) is 3. The smallest absolute Gasteiger partial charge is 0.416 e. The number of alkyl halides is 3. The number of likely N-dealkylation sites (N-methyl/N-ethyl adjacent to an activating group) is 1. The Kier molecular flexibility index (Phi) is 11.4. The number of ether oxygens (including phenoxy) is 2. The van der Waals surface area contributed by atoms with E-state index in [9.17, 15) is 23.1 Å². The van der Waals surface area contributed by atoms with Crippen molar-refractivity contribution in [3.8, 4) is 17.2 Å². The number of primary amides is 1. The first-order chi connectivity index (χ1) is 24.0. The molecule has 5 rings (SSSR count). The molecule has 1 amide bonds. The number of carbonyl (C=O) groups is 1. The number of likely N-dealkylation sites (tertiary alicyclic amines) is 1. The summed E-state index contributed by atoms with van der Waals surface area (Å²) in [5.74, 6) is 0.473. The van der Waals surface area contributed by atoms with Crippen LogP contribution < -0.4 is 20.5 Å². The first-order valence-electron chi connectivity index (χ1n) is 16.4. The molecule has 1 saturated heterocycles. The maximum absolute atomic E-state index is 13.3. The van der Waals surface area contributed by atoms with E-state index >= 15 is 0 Å². The van der Waals surface area contributed by atoms with Crippen molar-refractivity contribution in [2.24, 2.45) is 11.7 Å². The van der Waals surface area contributed by atoms with Crippen LogP contribution in [-0.2, 0) is 16.6 Å². The number of rotatable bonds is 12. The van der Waals surface area contributed by atoms with Crippen LogP contribution in [0.15, 0.2) is 60.9 Å². The lowest BCUT2D eigenvalue weighted by atomic mass is 9.95. The topological polar surface area (TPSA) is 126 Å². The first kappa shape index (κ1) is 37.8. The molecule has 1 aliphatic heterocycles. The number of piperidine rings is 1. The fraction of sp³-hybridized carbons (Fsp3) is 0.378. The van der Waals surface area contributed by atoms with E-state index in [2.05, 4.69) is 27.2 Å². The van der Waals surface area contributed by atoms with E-state index < -0.39 is 23.2 Å². The van der Waals surface area contributed by atoms with Crippen LogP contribution in [0.4, 0.5) is 24.7 Å². The van der Waals surface area contributed by atoms with Gasteiger partial charge in [0.25, 0.3) is 0 Å². The van der Waals surface area contributed by atoms with Crippen LogP contribution in [-0.4, -0.2) is 78.2 Å². The van der Waals surface area contributed by atoms with Gasteiger partial charge in [-0.2, -0.15) is 13.2 Å². The van der Waals surface area contributed by atoms with E-state index in [0.717, 1.165) is 38.1 Å². The number of aliphatic hydroxyl groups is 1. The van der Waals surface area contributed by atoms with E-state index in [-0.39, 0.29) is 22.1 Å². The first-order valence-corrected chi connectivity index (χ1v) is 16.8. The summed E-state index contributed by atoms with van der Waals surface area (Å²) in [7, 11) is 5.86. The van der Waals surface area contributed by atoms with Gasteiger partial charge in [-0.15, -0.1) is 0 Å². The van der Waals surface area contributed by atoms with E-state index in [1.54, 1.807) is 32.1 Å². The maximum Gasteiger partial charge on any atom is 0.416 e. The lowest BCUT2D eigenvalue weighted by Crippen LogP contribution is -2.32. The Morgan fingerprint density at radius 2 is 1.84 bits per heavy atom. The molecule has 1 aliphatic rings. The second-order valence-electron chi connectivity index (χ2n) is 13.5. The van der Waals surface area contributed by atoms with Gasteiger partial charge in [0, 0.05) is 40.4 Å². The summed E-state index contributed by atoms with van der Waals surface area (Å²) < 4.78 is 52.2. The molecule has 0 atom stereocenters. The Morgan fingerprint density at radius 3 is 2.49 bits per heavy atom. The third-order valence-corrected chi connectivity index (χ3v) is 8.93. The van der Waals surface area contributed by atoms with Crippen LogP contribution in [0.5, 0.6) is 17.2 Å². The van der Waals surface area contributed by atoms with Crippen LogP contribution in [0.1, 0.15) is 43.4 Å². The summed E-state index contributed by atoms with van der Waals surface area (Å²) >= 11 is 6.62. The second-order valence-corrected chi connectivity index (χ2v) is 13.9. The van der Waals surface area contributed by atoms with Crippen molar-refractivity contribution in [1.82, 2.24) is 19.8 Å². The molecule has 0 saturated carbocycles. The summed E-state index contributed by atoms with van der Waals surface area (Å²) in [6.07, 6.45) is 0.543. The number of aromatic nitrogens is 2. The average Bonchev–Trinajstić information content (AvgIpc) is 3.05. The maximum atomic E-state index is 13.3. The number of anilines is 2. The third kappa shape index (κ3) is 9.47. The zero-order chi connectivity index (χ0) is 37.1. The third-order valence-electron chi connectivity index (χ3n) is 8.64. The predicted octanol–water partition coefficient (Wildman–Crippen LogP) is 7.22. The summed E-state index contributed by atoms with van der Waals surface area (Å²) in [5, 5.41) is 15.0. The molecule has 51 heavy (non-hydrogen) atoms. The quantitative estimate of drug-likeness (QED) is 0.130. The Morgan fingerprint density at radius 1 is 1.12 bits per heavy atom. The molecular formula is C37H42ClF3N6O4. The summed E-state index contributed by atoms with van der Waals surface area (Å²) in [6, 6.07) is 10.9. The van der Waals surface area contributed by atoms with Crippen LogP contribution >= 0.6 is 11.6 Å². The Labute approximate surface area is 300 Å². The lowest BCUT2D eigenvalue weighted by molar-refractivity contribution is -0.137. The number of hydrogen-bond acceptors (Lipinski definition) is 9. The molecule has 272 valence electrons. The molecule has 0 unspecified atom stereocenters. The minimum absolute atomic E-state index is 0.0389. The van der Waals surface area contributed by atoms with Gasteiger partial charge in [-0.1, -0.05) is 23.7 Å². The van der Waals surface area contributed by atoms with Crippen LogP contribution in [0, 0.1) is 5.92 Å². The number of amides is 1. The largest absolute Gasteiger partial charge is 0.493 e. The predicted molar refractivity (Wildman–Crippen MR) is 192 cm³/mol. The number of carbonyl (C=O) groups excluding carboxylic acids is 1. The molecule has 2 heterocycles. The van der Waals surface area contributed by atoms with Gasteiger partial charge in [0.05, 0.1) is 28.3 Å². The van der Waals surface area contributed by atoms with Gasteiger partial charge in [-0.05, 0) is 103 Å². The van der Waals surface area contributed by atoms with Gasteiger partial charge in [0.15, 0.2) is 0 Å². The highest BCUT2D eigenvalue weighted by Crippen LogP contribution is 2.42. The van der Waals surface area contributed by atoms with Gasteiger partial charge in [0.2, 0.25) is 5.91 Å². The molecule has 1 fully saturated rings. The van der Waals surface area contributed by atoms with Gasteiger partial charge >= 0.3 is 6.18 Å². The highest BCUT2D eigenvalue weighted by atomic mass is 35.5. The molecule has 0 bridgehead atoms. The van der Waals surface area contributed by atoms with Crippen LogP contribution in [0.2, 0.25) is 5.02 Å². The molecule has 0 aliphatic carbocycles. The molecule has 14 heteroatoms. The van der Waals surface area contributed by atoms with E-state index in [0.29, 0.717) is 58.4 Å². The number of fused-ring (bicyclic) bond motifs is 1. The fourth-order valence-electron chi connectivity index (χ4n) is 5.80. The Hall–Kier alpha value is -4.43. The molecule has 3 aromatic carbocycles. The normalized spacial score (nSPS) is 15.0. The average molecular weight is 727 g/mol. The number of nitrogens with one attached hydrogen (secondary N) is 1. The number of nitrogens with zero attached hydrogens (tertiary/aromatic N) is 4. The number of benzene rings is 3. The van der Waals surface area contributed by atoms with E-state index in [1.165, 1.54) is 30.6 Å². The monoisotopic (exact) mass is 726 g/mol. The minimum Gasteiger partial charge on any atom is -0.493 e. The van der Waals surface area contributed by atoms with Crippen molar-refractivity contribution in [3.05, 3.63) is 82.6 Å². The fourth-order valence-corrected chi connectivity index (χ4v) is 6.00. The van der Waals surface area contributed by atoms with E-state index in [1.807, 2.05) is 19.0 Å². The van der Waals surface area contributed by atoms with Crippen molar-refractivity contribution in [2.45, 2.75) is 38.5 Å². The van der Waals surface area contributed by atoms with Gasteiger partial charge in [-0.3, -0.25) is 4.79 Å². The van der Waals surface area contributed by atoms with Gasteiger partial charge in [0.1, 0.15) is 29.4 Å². The highest BCUT2D eigenvalue weighted by Gasteiger charge is 2.31. The summed E-state index contributed by atoms with van der Waals surface area (Å²) in [5.41, 5.74) is 5.53. The standard InChI is InChI=1S/C37H42ClF3N6O4/c1-36(2,49)28-17-33(51-24-8-6-7-23(15-24)37(39,40)41)29(38)18-31(28)45-35-27-16-26(25(34(42)48)11-12-46(3)4)32(19-30(27)43-21-44-35)50-20-22-9-13-47(5)14-10-22/h6-8,11,15-19,21-22,49H,9-10,12-14,20H2,1-5H3,(H2,42,48)(H,43,44,45). The van der Waals surface area contributed by atoms with Crippen LogP contribution in [0.3, 0.4) is 0 Å². The number of nitrogens with two attached hydrogens (primary N) is 1. The minimum atomic E-state index is -4.56. The zero-order valence-corrected chi connectivity index (χ0v) is 29.9. The highest BCUT2D eigenvalue weighted by molar-refractivity contribution is 6.32. The molecule has 4 aromatic rings. The SMILES string of the molecule is CN(C)CC=C(C(N)=O)c1cc2c(Nc3cc(Cl)c(Oc4cccc(C(F)(F)F)c4)cc3C(C)(C)O)ncnc2cc1OCC1CCN(C)CC1. The van der Waals surface area contributed by atoms with Gasteiger partial charge in [-0.25, -0.2) is 9.97 Å². The Balaban J connectivity index is 1.56.